The topological polar surface area (TPSA) is 107 Å². The Morgan fingerprint density at radius 1 is 0.949 bits per heavy atom. The zero-order valence-corrected chi connectivity index (χ0v) is 21.8. The highest BCUT2D eigenvalue weighted by molar-refractivity contribution is 7.92. The molecule has 4 aromatic carbocycles. The molecule has 0 unspecified atom stereocenters. The Kier molecular flexibility index (Phi) is 7.46. The first-order valence-electron chi connectivity index (χ1n) is 12.0. The Balaban J connectivity index is 1.46. The van der Waals surface area contributed by atoms with E-state index < -0.39 is 15.9 Å². The summed E-state index contributed by atoms with van der Waals surface area (Å²) in [7, 11) is -2.56. The van der Waals surface area contributed by atoms with Crippen LogP contribution in [0.2, 0.25) is 0 Å². The van der Waals surface area contributed by atoms with Crippen molar-refractivity contribution in [2.45, 2.75) is 11.4 Å². The molecule has 1 amide bonds. The van der Waals surface area contributed by atoms with Gasteiger partial charge in [0.2, 0.25) is 6.79 Å². The standard InChI is InChI=1S/C29H25N3O6S/c1-36-23-12-14-24(15-13-23)39(34,35)32(19-21-7-3-2-4-8-21)26-10-6-5-9-25(26)29(33)31-30-18-22-11-16-27-28(17-22)38-20-37-27/h2-18H,19-20H2,1H3,(H,31,33)/b30-18+. The van der Waals surface area contributed by atoms with E-state index in [2.05, 4.69) is 10.5 Å². The van der Waals surface area contributed by atoms with Crippen molar-refractivity contribution in [1.29, 1.82) is 0 Å². The van der Waals surface area contributed by atoms with Crippen LogP contribution in [0.15, 0.2) is 107 Å². The van der Waals surface area contributed by atoms with E-state index in [0.717, 1.165) is 5.56 Å². The van der Waals surface area contributed by atoms with Crippen molar-refractivity contribution in [3.63, 3.8) is 0 Å². The second-order valence-electron chi connectivity index (χ2n) is 8.50. The predicted octanol–water partition coefficient (Wildman–Crippen LogP) is 4.58. The first-order chi connectivity index (χ1) is 19.0. The largest absolute Gasteiger partial charge is 0.497 e. The number of nitrogens with zero attached hydrogens (tertiary/aromatic N) is 2. The molecule has 1 heterocycles. The van der Waals surface area contributed by atoms with Crippen molar-refractivity contribution in [3.8, 4) is 17.2 Å². The maximum absolute atomic E-state index is 13.9. The minimum atomic E-state index is -4.07. The summed E-state index contributed by atoms with van der Waals surface area (Å²) >= 11 is 0. The molecule has 0 aromatic heterocycles. The summed E-state index contributed by atoms with van der Waals surface area (Å²) in [5.41, 5.74) is 4.31. The second-order valence-corrected chi connectivity index (χ2v) is 10.4. The Bertz CT molecular complexity index is 1610. The molecule has 9 nitrogen and oxygen atoms in total. The number of anilines is 1. The fraction of sp³-hybridized carbons (Fsp3) is 0.103. The average Bonchev–Trinajstić information content (AvgIpc) is 3.44. The lowest BCUT2D eigenvalue weighted by atomic mass is 10.1. The summed E-state index contributed by atoms with van der Waals surface area (Å²) in [6, 6.07) is 27.1. The van der Waals surface area contributed by atoms with Gasteiger partial charge in [-0.15, -0.1) is 0 Å². The highest BCUT2D eigenvalue weighted by Gasteiger charge is 2.28. The minimum Gasteiger partial charge on any atom is -0.497 e. The molecule has 5 rings (SSSR count). The lowest BCUT2D eigenvalue weighted by Gasteiger charge is -2.26. The molecule has 39 heavy (non-hydrogen) atoms. The van der Waals surface area contributed by atoms with Crippen molar-refractivity contribution in [2.24, 2.45) is 5.10 Å². The molecule has 0 spiro atoms. The van der Waals surface area contributed by atoms with E-state index >= 15 is 0 Å². The number of benzene rings is 4. The van der Waals surface area contributed by atoms with E-state index in [4.69, 9.17) is 14.2 Å². The number of hydrogen-bond acceptors (Lipinski definition) is 7. The van der Waals surface area contributed by atoms with Gasteiger partial charge in [-0.1, -0.05) is 42.5 Å². The Hall–Kier alpha value is -4.83. The maximum atomic E-state index is 13.9. The van der Waals surface area contributed by atoms with E-state index in [1.165, 1.54) is 29.8 Å². The van der Waals surface area contributed by atoms with Crippen molar-refractivity contribution in [2.75, 3.05) is 18.2 Å². The van der Waals surface area contributed by atoms with Crippen LogP contribution >= 0.6 is 0 Å². The quantitative estimate of drug-likeness (QED) is 0.245. The maximum Gasteiger partial charge on any atom is 0.273 e. The van der Waals surface area contributed by atoms with E-state index in [9.17, 15) is 13.2 Å². The number of nitrogens with one attached hydrogen (secondary N) is 1. The number of methoxy groups -OCH3 is 1. The predicted molar refractivity (Wildman–Crippen MR) is 147 cm³/mol. The molecular weight excluding hydrogens is 518 g/mol. The molecular formula is C29H25N3O6S. The zero-order chi connectivity index (χ0) is 27.2. The molecule has 0 saturated heterocycles. The number of rotatable bonds is 9. The summed E-state index contributed by atoms with van der Waals surface area (Å²) in [5.74, 6) is 1.20. The molecule has 0 atom stereocenters. The summed E-state index contributed by atoms with van der Waals surface area (Å²) in [6.07, 6.45) is 1.47. The van der Waals surface area contributed by atoms with Crippen molar-refractivity contribution >= 4 is 27.8 Å². The number of fused-ring (bicyclic) bond motifs is 1. The third-order valence-corrected chi connectivity index (χ3v) is 7.78. The molecule has 1 N–H and O–H groups in total. The molecule has 198 valence electrons. The van der Waals surface area contributed by atoms with Gasteiger partial charge in [0.15, 0.2) is 11.5 Å². The molecule has 0 fully saturated rings. The number of carbonyl (C=O) groups is 1. The van der Waals surface area contributed by atoms with Crippen molar-refractivity contribution in [3.05, 3.63) is 114 Å². The van der Waals surface area contributed by atoms with Gasteiger partial charge in [-0.3, -0.25) is 9.10 Å². The molecule has 0 aliphatic carbocycles. The molecule has 0 bridgehead atoms. The number of hydrazone groups is 1. The number of amides is 1. The highest BCUT2D eigenvalue weighted by Crippen LogP contribution is 2.32. The highest BCUT2D eigenvalue weighted by atomic mass is 32.2. The van der Waals surface area contributed by atoms with Crippen LogP contribution in [0.4, 0.5) is 5.69 Å². The molecule has 1 aliphatic rings. The normalized spacial score (nSPS) is 12.3. The van der Waals surface area contributed by atoms with Gasteiger partial charge in [-0.25, -0.2) is 13.8 Å². The van der Waals surface area contributed by atoms with E-state index in [1.807, 2.05) is 30.3 Å². The number of hydrogen-bond donors (Lipinski definition) is 1. The van der Waals surface area contributed by atoms with Gasteiger partial charge in [0.05, 0.1) is 36.0 Å². The van der Waals surface area contributed by atoms with Crippen LogP contribution < -0.4 is 23.9 Å². The van der Waals surface area contributed by atoms with Gasteiger partial charge in [-0.2, -0.15) is 5.10 Å². The van der Waals surface area contributed by atoms with Gasteiger partial charge in [0.1, 0.15) is 5.75 Å². The Morgan fingerprint density at radius 3 is 2.44 bits per heavy atom. The van der Waals surface area contributed by atoms with Crippen molar-refractivity contribution in [1.82, 2.24) is 5.43 Å². The summed E-state index contributed by atoms with van der Waals surface area (Å²) in [5, 5.41) is 4.06. The average molecular weight is 544 g/mol. The van der Waals surface area contributed by atoms with Gasteiger partial charge >= 0.3 is 0 Å². The molecule has 1 aliphatic heterocycles. The number of ether oxygens (including phenoxy) is 3. The summed E-state index contributed by atoms with van der Waals surface area (Å²) in [4.78, 5) is 13.3. The Labute approximate surface area is 226 Å². The smallest absolute Gasteiger partial charge is 0.273 e. The summed E-state index contributed by atoms with van der Waals surface area (Å²) < 4.78 is 44.9. The van der Waals surface area contributed by atoms with Crippen LogP contribution in [0.3, 0.4) is 0 Å². The first-order valence-corrected chi connectivity index (χ1v) is 13.4. The van der Waals surface area contributed by atoms with Crippen LogP contribution in [-0.2, 0) is 16.6 Å². The fourth-order valence-corrected chi connectivity index (χ4v) is 5.50. The van der Waals surface area contributed by atoms with Crippen LogP contribution in [0.5, 0.6) is 17.2 Å². The molecule has 4 aromatic rings. The van der Waals surface area contributed by atoms with Crippen LogP contribution in [0.25, 0.3) is 0 Å². The van der Waals surface area contributed by atoms with Crippen LogP contribution in [0.1, 0.15) is 21.5 Å². The first kappa shape index (κ1) is 25.8. The van der Waals surface area contributed by atoms with Crippen LogP contribution in [0, 0.1) is 0 Å². The fourth-order valence-electron chi connectivity index (χ4n) is 4.03. The molecule has 0 saturated carbocycles. The van der Waals surface area contributed by atoms with E-state index in [0.29, 0.717) is 22.8 Å². The number of carbonyl (C=O) groups excluding carboxylic acids is 1. The van der Waals surface area contributed by atoms with Crippen LogP contribution in [-0.4, -0.2) is 34.4 Å². The van der Waals surface area contributed by atoms with E-state index in [-0.39, 0.29) is 29.5 Å². The lowest BCUT2D eigenvalue weighted by molar-refractivity contribution is 0.0955. The minimum absolute atomic E-state index is 0.0138. The van der Waals surface area contributed by atoms with Gasteiger partial charge in [0.25, 0.3) is 15.9 Å². The second kappa shape index (κ2) is 11.3. The van der Waals surface area contributed by atoms with Gasteiger partial charge in [0, 0.05) is 0 Å². The van der Waals surface area contributed by atoms with E-state index in [1.54, 1.807) is 54.6 Å². The SMILES string of the molecule is COc1ccc(S(=O)(=O)N(Cc2ccccc2)c2ccccc2C(=O)N/N=C/c2ccc3c(c2)OCO3)cc1. The third-order valence-electron chi connectivity index (χ3n) is 6.01. The lowest BCUT2D eigenvalue weighted by Crippen LogP contribution is -2.33. The monoisotopic (exact) mass is 543 g/mol. The molecule has 10 heteroatoms. The number of para-hydroxylation sites is 1. The van der Waals surface area contributed by atoms with Crippen molar-refractivity contribution < 1.29 is 27.4 Å². The molecule has 0 radical (unpaired) electrons. The summed E-state index contributed by atoms with van der Waals surface area (Å²) in [6.45, 7) is 0.169. The number of sulfonamides is 1. The third kappa shape index (κ3) is 5.70. The van der Waals surface area contributed by atoms with Gasteiger partial charge in [-0.05, 0) is 65.7 Å². The van der Waals surface area contributed by atoms with Gasteiger partial charge < -0.3 is 14.2 Å². The zero-order valence-electron chi connectivity index (χ0n) is 21.0. The Morgan fingerprint density at radius 2 is 1.67 bits per heavy atom.